The largest absolute Gasteiger partial charge is 0.370 e. The average Bonchev–Trinajstić information content (AvgIpc) is 3.25. The third-order valence-corrected chi connectivity index (χ3v) is 4.28. The van der Waals surface area contributed by atoms with Gasteiger partial charge in [0, 0.05) is 42.7 Å². The predicted molar refractivity (Wildman–Crippen MR) is 89.4 cm³/mol. The van der Waals surface area contributed by atoms with Crippen molar-refractivity contribution in [2.75, 3.05) is 6.61 Å². The van der Waals surface area contributed by atoms with E-state index in [0.29, 0.717) is 13.0 Å². The van der Waals surface area contributed by atoms with Crippen LogP contribution < -0.4 is 0 Å². The number of carbonyl (C=O) groups excluding carboxylic acids is 1. The zero-order valence-corrected chi connectivity index (χ0v) is 13.5. The van der Waals surface area contributed by atoms with Crippen LogP contribution in [0.5, 0.6) is 0 Å². The van der Waals surface area contributed by atoms with Gasteiger partial charge in [0.1, 0.15) is 6.10 Å². The third kappa shape index (κ3) is 2.92. The molecule has 1 saturated heterocycles. The second-order valence-corrected chi connectivity index (χ2v) is 6.11. The number of hydrogen-bond acceptors (Lipinski definition) is 5. The molecule has 4 rings (SSSR count). The molecule has 1 fully saturated rings. The average molecular weight is 322 g/mol. The van der Waals surface area contributed by atoms with Crippen LogP contribution in [0.1, 0.15) is 18.5 Å². The van der Waals surface area contributed by atoms with Crippen molar-refractivity contribution in [2.24, 2.45) is 7.05 Å². The van der Waals surface area contributed by atoms with Crippen molar-refractivity contribution in [3.8, 4) is 11.3 Å². The van der Waals surface area contributed by atoms with Crippen LogP contribution in [0.25, 0.3) is 22.2 Å². The number of ketones is 1. The van der Waals surface area contributed by atoms with E-state index in [1.165, 1.54) is 0 Å². The second kappa shape index (κ2) is 6.13. The molecule has 122 valence electrons. The normalized spacial score (nSPS) is 17.5. The molecule has 0 N–H and O–H groups in total. The number of fused-ring (bicyclic) bond motifs is 1. The van der Waals surface area contributed by atoms with Gasteiger partial charge in [0.15, 0.2) is 5.78 Å². The highest BCUT2D eigenvalue weighted by Gasteiger charge is 2.23. The van der Waals surface area contributed by atoms with E-state index >= 15 is 0 Å². The van der Waals surface area contributed by atoms with Gasteiger partial charge in [0.05, 0.1) is 23.8 Å². The summed E-state index contributed by atoms with van der Waals surface area (Å²) in [4.78, 5) is 21.3. The molecule has 0 aliphatic carbocycles. The summed E-state index contributed by atoms with van der Waals surface area (Å²) in [6.07, 6.45) is 7.28. The third-order valence-electron chi connectivity index (χ3n) is 4.28. The van der Waals surface area contributed by atoms with Gasteiger partial charge in [-0.3, -0.25) is 14.5 Å². The summed E-state index contributed by atoms with van der Waals surface area (Å²) in [7, 11) is 1.88. The summed E-state index contributed by atoms with van der Waals surface area (Å²) >= 11 is 0. The number of pyridine rings is 2. The Balaban J connectivity index is 1.62. The number of carbonyl (C=O) groups is 1. The Morgan fingerprint density at radius 3 is 3.04 bits per heavy atom. The zero-order valence-electron chi connectivity index (χ0n) is 13.5. The lowest BCUT2D eigenvalue weighted by atomic mass is 10.1. The van der Waals surface area contributed by atoms with Crippen molar-refractivity contribution in [1.82, 2.24) is 19.7 Å². The first kappa shape index (κ1) is 15.0. The van der Waals surface area contributed by atoms with E-state index < -0.39 is 0 Å². The summed E-state index contributed by atoms with van der Waals surface area (Å²) in [5.74, 6) is 0.0998. The van der Waals surface area contributed by atoms with E-state index in [0.717, 1.165) is 40.7 Å². The zero-order chi connectivity index (χ0) is 16.5. The molecule has 1 atom stereocenters. The van der Waals surface area contributed by atoms with Gasteiger partial charge in [-0.25, -0.2) is 4.98 Å². The fourth-order valence-electron chi connectivity index (χ4n) is 2.99. The maximum absolute atomic E-state index is 12.2. The fourth-order valence-corrected chi connectivity index (χ4v) is 2.99. The van der Waals surface area contributed by atoms with Crippen molar-refractivity contribution < 1.29 is 9.53 Å². The minimum Gasteiger partial charge on any atom is -0.370 e. The van der Waals surface area contributed by atoms with Gasteiger partial charge in [0.2, 0.25) is 0 Å². The first-order valence-electron chi connectivity index (χ1n) is 8.08. The molecule has 0 radical (unpaired) electrons. The van der Waals surface area contributed by atoms with E-state index in [1.807, 2.05) is 31.4 Å². The van der Waals surface area contributed by atoms with Gasteiger partial charge in [-0.2, -0.15) is 5.10 Å². The van der Waals surface area contributed by atoms with Crippen LogP contribution in [0.3, 0.4) is 0 Å². The standard InChI is InChI=1S/C18H18N4O2/c1-22-11-13(10-20-22)15-5-4-12-9-19-14(7-16(12)21-15)8-17(23)18-3-2-6-24-18/h4-5,7,9-11,18H,2-3,6,8H2,1H3/t18-/m0/s1. The van der Waals surface area contributed by atoms with Crippen LogP contribution >= 0.6 is 0 Å². The van der Waals surface area contributed by atoms with E-state index in [-0.39, 0.29) is 11.9 Å². The van der Waals surface area contributed by atoms with Crippen molar-refractivity contribution in [2.45, 2.75) is 25.4 Å². The molecule has 6 nitrogen and oxygen atoms in total. The minimum absolute atomic E-state index is 0.0998. The number of aryl methyl sites for hydroxylation is 1. The van der Waals surface area contributed by atoms with Crippen LogP contribution in [0.2, 0.25) is 0 Å². The predicted octanol–water partition coefficient (Wildman–Crippen LogP) is 2.32. The van der Waals surface area contributed by atoms with Gasteiger partial charge >= 0.3 is 0 Å². The monoisotopic (exact) mass is 322 g/mol. The van der Waals surface area contributed by atoms with Crippen LogP contribution in [-0.2, 0) is 23.0 Å². The molecule has 0 unspecified atom stereocenters. The van der Waals surface area contributed by atoms with E-state index in [4.69, 9.17) is 4.74 Å². The molecular weight excluding hydrogens is 304 g/mol. The van der Waals surface area contributed by atoms with Gasteiger partial charge in [-0.15, -0.1) is 0 Å². The Labute approximate surface area is 139 Å². The summed E-state index contributed by atoms with van der Waals surface area (Å²) < 4.78 is 7.20. The highest BCUT2D eigenvalue weighted by atomic mass is 16.5. The lowest BCUT2D eigenvalue weighted by molar-refractivity contribution is -0.127. The molecule has 0 amide bonds. The number of nitrogens with zero attached hydrogens (tertiary/aromatic N) is 4. The van der Waals surface area contributed by atoms with E-state index in [2.05, 4.69) is 15.1 Å². The maximum atomic E-state index is 12.2. The van der Waals surface area contributed by atoms with Gasteiger partial charge in [0.25, 0.3) is 0 Å². The molecule has 6 heteroatoms. The Morgan fingerprint density at radius 2 is 2.29 bits per heavy atom. The summed E-state index contributed by atoms with van der Waals surface area (Å²) in [6, 6.07) is 5.84. The Morgan fingerprint density at radius 1 is 1.38 bits per heavy atom. The molecular formula is C18H18N4O2. The Bertz CT molecular complexity index is 897. The fraction of sp³-hybridized carbons (Fsp3) is 0.333. The van der Waals surface area contributed by atoms with Gasteiger partial charge in [-0.1, -0.05) is 0 Å². The number of aromatic nitrogens is 4. The van der Waals surface area contributed by atoms with Crippen LogP contribution in [-0.4, -0.2) is 38.2 Å². The molecule has 0 saturated carbocycles. The lowest BCUT2D eigenvalue weighted by Crippen LogP contribution is -2.21. The number of ether oxygens (including phenoxy) is 1. The number of rotatable bonds is 4. The van der Waals surface area contributed by atoms with E-state index in [1.54, 1.807) is 17.1 Å². The summed E-state index contributed by atoms with van der Waals surface area (Å²) in [5.41, 5.74) is 3.40. The topological polar surface area (TPSA) is 69.9 Å². The molecule has 1 aliphatic heterocycles. The molecule has 0 bridgehead atoms. The van der Waals surface area contributed by atoms with E-state index in [9.17, 15) is 4.79 Å². The molecule has 4 heterocycles. The second-order valence-electron chi connectivity index (χ2n) is 6.11. The molecule has 3 aromatic rings. The van der Waals surface area contributed by atoms with Crippen molar-refractivity contribution in [3.63, 3.8) is 0 Å². The SMILES string of the molecule is Cn1cc(-c2ccc3cnc(CC(=O)[C@@H]4CCCO4)cc3n2)cn1. The smallest absolute Gasteiger partial charge is 0.167 e. The van der Waals surface area contributed by atoms with Gasteiger partial charge in [-0.05, 0) is 31.0 Å². The molecule has 3 aromatic heterocycles. The van der Waals surface area contributed by atoms with Crippen LogP contribution in [0, 0.1) is 0 Å². The first-order chi connectivity index (χ1) is 11.7. The highest BCUT2D eigenvalue weighted by Crippen LogP contribution is 2.21. The van der Waals surface area contributed by atoms with Crippen molar-refractivity contribution in [3.05, 3.63) is 42.5 Å². The van der Waals surface area contributed by atoms with Crippen molar-refractivity contribution >= 4 is 16.7 Å². The maximum Gasteiger partial charge on any atom is 0.167 e. The Hall–Kier alpha value is -2.60. The number of hydrogen-bond donors (Lipinski definition) is 0. The minimum atomic E-state index is -0.266. The quantitative estimate of drug-likeness (QED) is 0.737. The highest BCUT2D eigenvalue weighted by molar-refractivity contribution is 5.86. The summed E-state index contributed by atoms with van der Waals surface area (Å²) in [5, 5.41) is 5.13. The first-order valence-corrected chi connectivity index (χ1v) is 8.08. The lowest BCUT2D eigenvalue weighted by Gasteiger charge is -2.08. The Kier molecular flexibility index (Phi) is 3.82. The molecule has 1 aliphatic rings. The molecule has 0 aromatic carbocycles. The van der Waals surface area contributed by atoms with Crippen LogP contribution in [0.15, 0.2) is 36.8 Å². The van der Waals surface area contributed by atoms with Crippen LogP contribution in [0.4, 0.5) is 0 Å². The molecule has 24 heavy (non-hydrogen) atoms. The summed E-state index contributed by atoms with van der Waals surface area (Å²) in [6.45, 7) is 0.678. The number of Topliss-reactive ketones (excluding diaryl/α,β-unsaturated/α-hetero) is 1. The van der Waals surface area contributed by atoms with Gasteiger partial charge < -0.3 is 4.74 Å². The molecule has 0 spiro atoms. The van der Waals surface area contributed by atoms with Crippen molar-refractivity contribution in [1.29, 1.82) is 0 Å².